The third-order valence-electron chi connectivity index (χ3n) is 2.21. The average Bonchev–Trinajstić information content (AvgIpc) is 2.34. The molecule has 0 saturated heterocycles. The Morgan fingerprint density at radius 2 is 1.95 bits per heavy atom. The summed E-state index contributed by atoms with van der Waals surface area (Å²) >= 11 is 0. The van der Waals surface area contributed by atoms with Gasteiger partial charge in [0.2, 0.25) is 0 Å². The van der Waals surface area contributed by atoms with Crippen LogP contribution in [-0.2, 0) is 0 Å². The Labute approximate surface area is 108 Å². The van der Waals surface area contributed by atoms with Crippen molar-refractivity contribution >= 4 is 13.0 Å². The molecule has 1 N–H and O–H groups in total. The fourth-order valence-corrected chi connectivity index (χ4v) is 1.43. The molecule has 0 saturated carbocycles. The van der Waals surface area contributed by atoms with E-state index in [1.807, 2.05) is 19.1 Å². The predicted molar refractivity (Wildman–Crippen MR) is 65.0 cm³/mol. The monoisotopic (exact) mass is 280 g/mol. The van der Waals surface area contributed by atoms with Crippen molar-refractivity contribution in [1.82, 2.24) is 4.90 Å². The van der Waals surface area contributed by atoms with Crippen molar-refractivity contribution in [3.63, 3.8) is 0 Å². The molecule has 0 bridgehead atoms. The van der Waals surface area contributed by atoms with Crippen molar-refractivity contribution in [3.05, 3.63) is 29.5 Å². The van der Waals surface area contributed by atoms with Gasteiger partial charge in [-0.1, -0.05) is 0 Å². The third-order valence-corrected chi connectivity index (χ3v) is 2.21. The Kier molecular flexibility index (Phi) is 7.78. The van der Waals surface area contributed by atoms with E-state index < -0.39 is 7.25 Å². The molecular weight excluding hydrogens is 265 g/mol. The molecule has 0 amide bonds. The molecule has 0 aromatic rings. The lowest BCUT2D eigenvalue weighted by Gasteiger charge is -2.23. The molecule has 0 unspecified atom stereocenters. The van der Waals surface area contributed by atoms with E-state index in [2.05, 4.69) is 9.69 Å². The second-order valence-electron chi connectivity index (χ2n) is 3.56. The van der Waals surface area contributed by atoms with Crippen LogP contribution in [0.2, 0.25) is 0 Å². The number of aliphatic hydroxyl groups is 1. The second kappa shape index (κ2) is 8.50. The highest BCUT2D eigenvalue weighted by atomic mass is 19.5. The van der Waals surface area contributed by atoms with E-state index >= 15 is 0 Å². The van der Waals surface area contributed by atoms with E-state index in [4.69, 9.17) is 10.6 Å². The van der Waals surface area contributed by atoms with Crippen LogP contribution in [0.3, 0.4) is 0 Å². The zero-order chi connectivity index (χ0) is 14.9. The summed E-state index contributed by atoms with van der Waals surface area (Å²) in [4.78, 5) is 5.20. The van der Waals surface area contributed by atoms with Gasteiger partial charge in [0.05, 0.1) is 13.0 Å². The van der Waals surface area contributed by atoms with Crippen molar-refractivity contribution in [1.29, 1.82) is 0 Å². The lowest BCUT2D eigenvalue weighted by molar-refractivity contribution is -0.00547. The molecular formula is C10H15BF4N3O-. The topological polar surface area (TPSA) is 59.9 Å². The standard InChI is InChI=1S/C10H15N3O.BF4/c1-2-13(7-8-14)10-5-3-9(12-11)4-6-10;2-1(3,4)5/h3,5-6,14H,2,4,7-8H2,1H3;/q;-1. The third kappa shape index (κ3) is 9.04. The Morgan fingerprint density at radius 3 is 2.26 bits per heavy atom. The molecule has 9 heteroatoms. The summed E-state index contributed by atoms with van der Waals surface area (Å²) in [7, 11) is -6.00. The van der Waals surface area contributed by atoms with E-state index in [1.54, 1.807) is 6.08 Å². The van der Waals surface area contributed by atoms with Gasteiger partial charge in [-0.25, -0.2) is 0 Å². The molecule has 0 fully saturated rings. The summed E-state index contributed by atoms with van der Waals surface area (Å²) in [5, 5.41) is 8.84. The van der Waals surface area contributed by atoms with Gasteiger partial charge in [-0.05, 0) is 19.1 Å². The summed E-state index contributed by atoms with van der Waals surface area (Å²) in [6.45, 7) is 3.70. The molecule has 0 heterocycles. The quantitative estimate of drug-likeness (QED) is 0.371. The zero-order valence-corrected chi connectivity index (χ0v) is 10.4. The Hall–Kier alpha value is -1.60. The molecule has 1 aliphatic rings. The van der Waals surface area contributed by atoms with Gasteiger partial charge in [-0.3, -0.25) is 0 Å². The summed E-state index contributed by atoms with van der Waals surface area (Å²) < 4.78 is 39.0. The summed E-state index contributed by atoms with van der Waals surface area (Å²) in [6.07, 6.45) is 6.32. The maximum Gasteiger partial charge on any atom is 0.673 e. The maximum absolute atomic E-state index is 9.75. The van der Waals surface area contributed by atoms with E-state index in [1.165, 1.54) is 0 Å². The van der Waals surface area contributed by atoms with Crippen molar-refractivity contribution in [2.75, 3.05) is 19.7 Å². The maximum atomic E-state index is 9.75. The van der Waals surface area contributed by atoms with Gasteiger partial charge >= 0.3 is 7.25 Å². The van der Waals surface area contributed by atoms with E-state index in [-0.39, 0.29) is 6.61 Å². The minimum Gasteiger partial charge on any atom is -0.418 e. The van der Waals surface area contributed by atoms with E-state index in [9.17, 15) is 17.3 Å². The van der Waals surface area contributed by atoms with Crippen LogP contribution in [0.4, 0.5) is 17.3 Å². The fourth-order valence-electron chi connectivity index (χ4n) is 1.43. The highest BCUT2D eigenvalue weighted by Crippen LogP contribution is 2.11. The number of rotatable bonds is 4. The summed E-state index contributed by atoms with van der Waals surface area (Å²) in [5.41, 5.74) is 10.3. The Morgan fingerprint density at radius 1 is 1.37 bits per heavy atom. The molecule has 0 aliphatic heterocycles. The van der Waals surface area contributed by atoms with Gasteiger partial charge in [0.25, 0.3) is 5.71 Å². The Balaban J connectivity index is 0.000000555. The number of hydrogen-bond acceptors (Lipinski definition) is 2. The van der Waals surface area contributed by atoms with Crippen molar-refractivity contribution < 1.29 is 27.2 Å². The summed E-state index contributed by atoms with van der Waals surface area (Å²) in [5.74, 6) is 0. The van der Waals surface area contributed by atoms with Crippen LogP contribution in [0.5, 0.6) is 0 Å². The first kappa shape index (κ1) is 17.4. The average molecular weight is 280 g/mol. The fraction of sp³-hybridized carbons (Fsp3) is 0.500. The first-order chi connectivity index (χ1) is 8.81. The number of aliphatic hydroxyl groups excluding tert-OH is 1. The number of allylic oxidation sites excluding steroid dienone is 3. The Bertz CT molecular complexity index is 383. The van der Waals surface area contributed by atoms with Crippen LogP contribution in [0.15, 0.2) is 23.9 Å². The number of halogens is 4. The summed E-state index contributed by atoms with van der Waals surface area (Å²) in [6, 6.07) is 0. The van der Waals surface area contributed by atoms with Gasteiger partial charge in [0.1, 0.15) is 0 Å². The smallest absolute Gasteiger partial charge is 0.418 e. The SMILES string of the molecule is CCN(CCO)C1=CCC(=[N+]=[N-])C=C1.F[B-](F)(F)F. The highest BCUT2D eigenvalue weighted by molar-refractivity contribution is 6.50. The molecule has 0 radical (unpaired) electrons. The van der Waals surface area contributed by atoms with Crippen molar-refractivity contribution in [2.24, 2.45) is 0 Å². The van der Waals surface area contributed by atoms with Crippen LogP contribution in [0, 0.1) is 0 Å². The highest BCUT2D eigenvalue weighted by Gasteiger charge is 2.20. The molecule has 108 valence electrons. The van der Waals surface area contributed by atoms with E-state index in [0.29, 0.717) is 18.7 Å². The normalized spacial score (nSPS) is 14.2. The van der Waals surface area contributed by atoms with Crippen molar-refractivity contribution in [3.8, 4) is 0 Å². The molecule has 0 aromatic carbocycles. The van der Waals surface area contributed by atoms with Gasteiger partial charge in [0.15, 0.2) is 0 Å². The minimum atomic E-state index is -6.00. The number of nitrogens with zero attached hydrogens (tertiary/aromatic N) is 3. The van der Waals surface area contributed by atoms with Crippen molar-refractivity contribution in [2.45, 2.75) is 13.3 Å². The van der Waals surface area contributed by atoms with Crippen LogP contribution in [0.25, 0.3) is 5.53 Å². The molecule has 0 aromatic heterocycles. The van der Waals surface area contributed by atoms with Crippen LogP contribution in [-0.4, -0.2) is 47.5 Å². The second-order valence-corrected chi connectivity index (χ2v) is 3.56. The first-order valence-corrected chi connectivity index (χ1v) is 5.64. The van der Waals surface area contributed by atoms with Crippen LogP contribution in [0.1, 0.15) is 13.3 Å². The molecule has 4 nitrogen and oxygen atoms in total. The van der Waals surface area contributed by atoms with Gasteiger partial charge in [-0.15, -0.1) is 0 Å². The molecule has 19 heavy (non-hydrogen) atoms. The minimum absolute atomic E-state index is 0.153. The van der Waals surface area contributed by atoms with Crippen LogP contribution >= 0.6 is 0 Å². The zero-order valence-electron chi connectivity index (χ0n) is 10.4. The molecule has 1 aliphatic carbocycles. The predicted octanol–water partition coefficient (Wildman–Crippen LogP) is 2.12. The molecule has 0 atom stereocenters. The van der Waals surface area contributed by atoms with Gasteiger partial charge in [-0.2, -0.15) is 4.79 Å². The lowest BCUT2D eigenvalue weighted by Crippen LogP contribution is -2.26. The molecule has 0 spiro atoms. The van der Waals surface area contributed by atoms with Crippen LogP contribution < -0.4 is 0 Å². The van der Waals surface area contributed by atoms with Gasteiger partial charge in [0, 0.05) is 24.9 Å². The number of likely N-dealkylation sites (N-methyl/N-ethyl adjacent to an activating group) is 1. The van der Waals surface area contributed by atoms with E-state index in [0.717, 1.165) is 12.2 Å². The lowest BCUT2D eigenvalue weighted by atomic mass is 10.1. The number of hydrogen-bond donors (Lipinski definition) is 1. The largest absolute Gasteiger partial charge is 0.673 e. The molecule has 1 rings (SSSR count). The van der Waals surface area contributed by atoms with Gasteiger partial charge < -0.3 is 32.8 Å². The first-order valence-electron chi connectivity index (χ1n) is 5.64.